The van der Waals surface area contributed by atoms with Crippen LogP contribution in [0.25, 0.3) is 0 Å². The van der Waals surface area contributed by atoms with Crippen molar-refractivity contribution in [1.29, 1.82) is 0 Å². The zero-order chi connectivity index (χ0) is 13.7. The van der Waals surface area contributed by atoms with Crippen LogP contribution in [0.2, 0.25) is 5.02 Å². The fraction of sp³-hybridized carbons (Fsp3) is 0.625. The topological polar surface area (TPSA) is 12.0 Å². The molecule has 1 rings (SSSR count). The maximum Gasteiger partial charge on any atom is 0.0438 e. The summed E-state index contributed by atoms with van der Waals surface area (Å²) in [4.78, 5) is 0. The van der Waals surface area contributed by atoms with Crippen LogP contribution in [0, 0.1) is 19.8 Å². The van der Waals surface area contributed by atoms with Gasteiger partial charge in [-0.3, -0.25) is 0 Å². The van der Waals surface area contributed by atoms with Crippen LogP contribution in [0.15, 0.2) is 12.1 Å². The Balaban J connectivity index is 3.16. The minimum atomic E-state index is 0.445. The summed E-state index contributed by atoms with van der Waals surface area (Å²) in [7, 11) is 0. The third-order valence-corrected chi connectivity index (χ3v) is 4.23. The van der Waals surface area contributed by atoms with Gasteiger partial charge >= 0.3 is 0 Å². The van der Waals surface area contributed by atoms with E-state index in [0.29, 0.717) is 12.0 Å². The van der Waals surface area contributed by atoms with Gasteiger partial charge in [-0.2, -0.15) is 0 Å². The standard InChI is InChI=1S/C16H26ClN/c1-6-13(7-2)16(18-8-3)14-9-12(5)15(17)10-11(14)4/h9-10,13,16,18H,6-8H2,1-5H3. The average molecular weight is 268 g/mol. The van der Waals surface area contributed by atoms with E-state index in [-0.39, 0.29) is 0 Å². The van der Waals surface area contributed by atoms with Gasteiger partial charge in [-0.25, -0.2) is 0 Å². The molecule has 0 saturated heterocycles. The van der Waals surface area contributed by atoms with Crippen LogP contribution in [-0.4, -0.2) is 6.54 Å². The molecule has 0 aromatic heterocycles. The van der Waals surface area contributed by atoms with E-state index in [1.807, 2.05) is 0 Å². The van der Waals surface area contributed by atoms with Crippen molar-refractivity contribution in [3.05, 3.63) is 33.8 Å². The maximum atomic E-state index is 6.19. The third kappa shape index (κ3) is 3.49. The second-order valence-corrected chi connectivity index (χ2v) is 5.48. The van der Waals surface area contributed by atoms with Crippen molar-refractivity contribution in [2.75, 3.05) is 6.54 Å². The number of aryl methyl sites for hydroxylation is 2. The lowest BCUT2D eigenvalue weighted by Crippen LogP contribution is -2.28. The van der Waals surface area contributed by atoms with E-state index in [2.05, 4.69) is 52.1 Å². The molecule has 0 radical (unpaired) electrons. The summed E-state index contributed by atoms with van der Waals surface area (Å²) in [5.41, 5.74) is 3.88. The molecule has 1 unspecified atom stereocenters. The van der Waals surface area contributed by atoms with Gasteiger partial charge in [0, 0.05) is 11.1 Å². The lowest BCUT2D eigenvalue weighted by Gasteiger charge is -2.28. The first kappa shape index (κ1) is 15.5. The zero-order valence-electron chi connectivity index (χ0n) is 12.3. The van der Waals surface area contributed by atoms with Crippen LogP contribution in [0.1, 0.15) is 56.3 Å². The van der Waals surface area contributed by atoms with Gasteiger partial charge in [0.1, 0.15) is 0 Å². The van der Waals surface area contributed by atoms with Crippen molar-refractivity contribution in [1.82, 2.24) is 5.32 Å². The number of nitrogens with one attached hydrogen (secondary N) is 1. The largest absolute Gasteiger partial charge is 0.310 e. The van der Waals surface area contributed by atoms with Gasteiger partial charge in [-0.05, 0) is 49.1 Å². The third-order valence-electron chi connectivity index (χ3n) is 3.83. The quantitative estimate of drug-likeness (QED) is 0.761. The Bertz CT molecular complexity index is 383. The summed E-state index contributed by atoms with van der Waals surface area (Å²) in [5, 5.41) is 4.52. The van der Waals surface area contributed by atoms with E-state index in [9.17, 15) is 0 Å². The van der Waals surface area contributed by atoms with E-state index in [1.54, 1.807) is 0 Å². The van der Waals surface area contributed by atoms with E-state index >= 15 is 0 Å². The van der Waals surface area contributed by atoms with Gasteiger partial charge in [0.2, 0.25) is 0 Å². The molecule has 0 heterocycles. The Morgan fingerprint density at radius 3 is 2.17 bits per heavy atom. The Morgan fingerprint density at radius 1 is 1.06 bits per heavy atom. The monoisotopic (exact) mass is 267 g/mol. The van der Waals surface area contributed by atoms with Crippen molar-refractivity contribution < 1.29 is 0 Å². The fourth-order valence-corrected chi connectivity index (χ4v) is 2.87. The first-order valence-corrected chi connectivity index (χ1v) is 7.42. The van der Waals surface area contributed by atoms with Crippen LogP contribution in [0.4, 0.5) is 0 Å². The fourth-order valence-electron chi connectivity index (χ4n) is 2.65. The van der Waals surface area contributed by atoms with Crippen LogP contribution >= 0.6 is 11.6 Å². The molecule has 0 bridgehead atoms. The molecule has 1 N–H and O–H groups in total. The Labute approximate surface area is 117 Å². The molecule has 0 aliphatic heterocycles. The molecule has 2 heteroatoms. The number of rotatable bonds is 6. The van der Waals surface area contributed by atoms with Crippen molar-refractivity contribution >= 4 is 11.6 Å². The molecule has 0 fully saturated rings. The zero-order valence-corrected chi connectivity index (χ0v) is 13.1. The van der Waals surface area contributed by atoms with Crippen molar-refractivity contribution in [2.24, 2.45) is 5.92 Å². The van der Waals surface area contributed by atoms with Crippen LogP contribution in [0.3, 0.4) is 0 Å². The van der Waals surface area contributed by atoms with Gasteiger partial charge in [-0.15, -0.1) is 0 Å². The van der Waals surface area contributed by atoms with Gasteiger partial charge in [-0.1, -0.05) is 51.3 Å². The molecule has 18 heavy (non-hydrogen) atoms. The van der Waals surface area contributed by atoms with E-state index in [4.69, 9.17) is 11.6 Å². The molecule has 0 aliphatic carbocycles. The molecule has 0 aliphatic rings. The molecule has 0 amide bonds. The molecule has 1 nitrogen and oxygen atoms in total. The lowest BCUT2D eigenvalue weighted by atomic mass is 9.86. The Morgan fingerprint density at radius 2 is 1.67 bits per heavy atom. The highest BCUT2D eigenvalue weighted by molar-refractivity contribution is 6.31. The SMILES string of the molecule is CCNC(c1cc(C)c(Cl)cc1C)C(CC)CC. The molecular weight excluding hydrogens is 242 g/mol. The lowest BCUT2D eigenvalue weighted by molar-refractivity contribution is 0.345. The predicted molar refractivity (Wildman–Crippen MR) is 81.4 cm³/mol. The van der Waals surface area contributed by atoms with Gasteiger partial charge in [0.25, 0.3) is 0 Å². The average Bonchev–Trinajstić information content (AvgIpc) is 2.34. The number of halogens is 1. The van der Waals surface area contributed by atoms with Crippen molar-refractivity contribution in [3.63, 3.8) is 0 Å². The molecule has 0 saturated carbocycles. The summed E-state index contributed by atoms with van der Waals surface area (Å²) in [5.74, 6) is 0.684. The number of hydrogen-bond donors (Lipinski definition) is 1. The molecule has 0 spiro atoms. The first-order valence-electron chi connectivity index (χ1n) is 7.05. The molecule has 1 aromatic carbocycles. The second kappa shape index (κ2) is 7.16. The van der Waals surface area contributed by atoms with Gasteiger partial charge < -0.3 is 5.32 Å². The summed E-state index contributed by atoms with van der Waals surface area (Å²) in [6.07, 6.45) is 2.41. The van der Waals surface area contributed by atoms with E-state index < -0.39 is 0 Å². The smallest absolute Gasteiger partial charge is 0.0438 e. The normalized spacial score (nSPS) is 13.1. The number of hydrogen-bond acceptors (Lipinski definition) is 1. The first-order chi connectivity index (χ1) is 8.54. The van der Waals surface area contributed by atoms with Crippen LogP contribution in [-0.2, 0) is 0 Å². The van der Waals surface area contributed by atoms with Crippen LogP contribution < -0.4 is 5.32 Å². The van der Waals surface area contributed by atoms with Crippen molar-refractivity contribution in [3.8, 4) is 0 Å². The van der Waals surface area contributed by atoms with Gasteiger partial charge in [0.15, 0.2) is 0 Å². The van der Waals surface area contributed by atoms with E-state index in [1.165, 1.54) is 29.5 Å². The highest BCUT2D eigenvalue weighted by Crippen LogP contribution is 2.32. The number of benzene rings is 1. The minimum absolute atomic E-state index is 0.445. The Kier molecular flexibility index (Phi) is 6.17. The van der Waals surface area contributed by atoms with E-state index in [0.717, 1.165) is 11.6 Å². The maximum absolute atomic E-state index is 6.19. The Hall–Kier alpha value is -0.530. The van der Waals surface area contributed by atoms with Crippen molar-refractivity contribution in [2.45, 2.75) is 53.5 Å². The predicted octanol–water partition coefficient (Wildman–Crippen LogP) is 5.04. The summed E-state index contributed by atoms with van der Waals surface area (Å²) in [6.45, 7) is 12.0. The minimum Gasteiger partial charge on any atom is -0.310 e. The highest BCUT2D eigenvalue weighted by atomic mass is 35.5. The molecule has 1 atom stereocenters. The molecule has 1 aromatic rings. The molecular formula is C16H26ClN. The highest BCUT2D eigenvalue weighted by Gasteiger charge is 2.21. The van der Waals surface area contributed by atoms with Gasteiger partial charge in [0.05, 0.1) is 0 Å². The summed E-state index contributed by atoms with van der Waals surface area (Å²) >= 11 is 6.19. The summed E-state index contributed by atoms with van der Waals surface area (Å²) < 4.78 is 0. The van der Waals surface area contributed by atoms with Crippen LogP contribution in [0.5, 0.6) is 0 Å². The second-order valence-electron chi connectivity index (χ2n) is 5.07. The summed E-state index contributed by atoms with van der Waals surface area (Å²) in [6, 6.07) is 4.79. The molecule has 102 valence electrons.